The number of nitrogens with zero attached hydrogens (tertiary/aromatic N) is 1. The molecule has 2 aromatic rings. The van der Waals surface area contributed by atoms with E-state index in [0.717, 1.165) is 6.42 Å². The Kier molecular flexibility index (Phi) is 6.19. The smallest absolute Gasteiger partial charge is 0.271 e. The number of hydrazone groups is 1. The summed E-state index contributed by atoms with van der Waals surface area (Å²) in [5.74, 6) is -0.902. The molecule has 0 aromatic heterocycles. The molecule has 0 heterocycles. The van der Waals surface area contributed by atoms with E-state index in [1.165, 1.54) is 12.3 Å². The third-order valence-electron chi connectivity index (χ3n) is 3.18. The summed E-state index contributed by atoms with van der Waals surface area (Å²) >= 11 is 0. The highest BCUT2D eigenvalue weighted by Crippen LogP contribution is 2.10. The quantitative estimate of drug-likeness (QED) is 0.631. The Hall–Kier alpha value is -3.02. The molecule has 0 aliphatic carbocycles. The molecular formula is C18H18FN3O2. The molecule has 0 aliphatic heterocycles. The summed E-state index contributed by atoms with van der Waals surface area (Å²) in [5.41, 5.74) is 3.62. The first-order chi connectivity index (χ1) is 11.6. The van der Waals surface area contributed by atoms with Gasteiger partial charge in [0.05, 0.1) is 6.21 Å². The van der Waals surface area contributed by atoms with Crippen LogP contribution in [-0.4, -0.2) is 18.0 Å². The predicted octanol–water partition coefficient (Wildman–Crippen LogP) is 3.33. The number of halogens is 1. The van der Waals surface area contributed by atoms with Crippen molar-refractivity contribution in [3.63, 3.8) is 0 Å². The molecule has 0 unspecified atom stereocenters. The number of carbonyl (C=O) groups excluding carboxylic acids is 2. The lowest BCUT2D eigenvalue weighted by Gasteiger charge is -2.05. The van der Waals surface area contributed by atoms with E-state index in [2.05, 4.69) is 15.8 Å². The maximum atomic E-state index is 13.4. The standard InChI is InChI=1S/C18H18FN3O2/c1-2-5-17(23)21-15-10-8-13(9-11-15)18(24)22-20-12-14-6-3-4-7-16(14)19/h3-4,6-12H,2,5H2,1H3,(H,21,23)(H,22,24). The average Bonchev–Trinajstić information content (AvgIpc) is 2.57. The van der Waals surface area contributed by atoms with Crippen LogP contribution in [0.1, 0.15) is 35.7 Å². The number of rotatable bonds is 6. The van der Waals surface area contributed by atoms with Crippen molar-refractivity contribution in [2.24, 2.45) is 5.10 Å². The van der Waals surface area contributed by atoms with Gasteiger partial charge in [-0.05, 0) is 36.8 Å². The zero-order valence-corrected chi connectivity index (χ0v) is 13.3. The van der Waals surface area contributed by atoms with Crippen LogP contribution < -0.4 is 10.7 Å². The number of anilines is 1. The van der Waals surface area contributed by atoms with Gasteiger partial charge in [-0.15, -0.1) is 0 Å². The molecule has 0 bridgehead atoms. The van der Waals surface area contributed by atoms with E-state index < -0.39 is 11.7 Å². The van der Waals surface area contributed by atoms with Gasteiger partial charge >= 0.3 is 0 Å². The van der Waals surface area contributed by atoms with Crippen LogP contribution in [0.3, 0.4) is 0 Å². The molecule has 2 aromatic carbocycles. The Bertz CT molecular complexity index is 742. The highest BCUT2D eigenvalue weighted by atomic mass is 19.1. The SMILES string of the molecule is CCCC(=O)Nc1ccc(C(=O)NN=Cc2ccccc2F)cc1. The first kappa shape index (κ1) is 17.3. The van der Waals surface area contributed by atoms with Crippen molar-refractivity contribution in [3.05, 3.63) is 65.5 Å². The van der Waals surface area contributed by atoms with Crippen molar-refractivity contribution >= 4 is 23.7 Å². The summed E-state index contributed by atoms with van der Waals surface area (Å²) < 4.78 is 13.4. The molecular weight excluding hydrogens is 309 g/mol. The summed E-state index contributed by atoms with van der Waals surface area (Å²) in [6.45, 7) is 1.93. The molecule has 0 saturated carbocycles. The molecule has 0 atom stereocenters. The Balaban J connectivity index is 1.93. The van der Waals surface area contributed by atoms with Crippen molar-refractivity contribution in [1.82, 2.24) is 5.43 Å². The van der Waals surface area contributed by atoms with Gasteiger partial charge in [0.15, 0.2) is 0 Å². The van der Waals surface area contributed by atoms with Gasteiger partial charge in [0.2, 0.25) is 5.91 Å². The molecule has 0 fully saturated rings. The van der Waals surface area contributed by atoms with Crippen molar-refractivity contribution in [1.29, 1.82) is 0 Å². The van der Waals surface area contributed by atoms with Crippen LogP contribution in [0.5, 0.6) is 0 Å². The second-order valence-corrected chi connectivity index (χ2v) is 5.10. The molecule has 0 radical (unpaired) electrons. The molecule has 5 nitrogen and oxygen atoms in total. The van der Waals surface area contributed by atoms with Crippen molar-refractivity contribution in [3.8, 4) is 0 Å². The van der Waals surface area contributed by atoms with Gasteiger partial charge in [0.25, 0.3) is 5.91 Å². The lowest BCUT2D eigenvalue weighted by molar-refractivity contribution is -0.116. The van der Waals surface area contributed by atoms with Gasteiger partial charge in [-0.3, -0.25) is 9.59 Å². The third-order valence-corrected chi connectivity index (χ3v) is 3.18. The van der Waals surface area contributed by atoms with E-state index in [1.54, 1.807) is 42.5 Å². The fraction of sp³-hybridized carbons (Fsp3) is 0.167. The molecule has 124 valence electrons. The van der Waals surface area contributed by atoms with Gasteiger partial charge < -0.3 is 5.32 Å². The minimum atomic E-state index is -0.422. The normalized spacial score (nSPS) is 10.6. The van der Waals surface area contributed by atoms with E-state index in [-0.39, 0.29) is 11.5 Å². The predicted molar refractivity (Wildman–Crippen MR) is 91.4 cm³/mol. The molecule has 0 spiro atoms. The maximum absolute atomic E-state index is 13.4. The van der Waals surface area contributed by atoms with Gasteiger partial charge in [-0.25, -0.2) is 9.82 Å². The van der Waals surface area contributed by atoms with Crippen LogP contribution in [0.25, 0.3) is 0 Å². The van der Waals surface area contributed by atoms with E-state index in [4.69, 9.17) is 0 Å². The van der Waals surface area contributed by atoms with Crippen LogP contribution in [0, 0.1) is 5.82 Å². The summed E-state index contributed by atoms with van der Waals surface area (Å²) in [5, 5.41) is 6.48. The number of amides is 2. The lowest BCUT2D eigenvalue weighted by atomic mass is 10.2. The van der Waals surface area contributed by atoms with Crippen molar-refractivity contribution in [2.45, 2.75) is 19.8 Å². The molecule has 2 amide bonds. The summed E-state index contributed by atoms with van der Waals surface area (Å²) in [7, 11) is 0. The number of hydrogen-bond acceptors (Lipinski definition) is 3. The zero-order chi connectivity index (χ0) is 17.4. The van der Waals surface area contributed by atoms with E-state index in [1.807, 2.05) is 6.92 Å². The first-order valence-electron chi connectivity index (χ1n) is 7.58. The second-order valence-electron chi connectivity index (χ2n) is 5.10. The molecule has 2 rings (SSSR count). The average molecular weight is 327 g/mol. The van der Waals surface area contributed by atoms with Crippen LogP contribution in [0.15, 0.2) is 53.6 Å². The summed E-state index contributed by atoms with van der Waals surface area (Å²) in [6.07, 6.45) is 2.46. The number of hydrogen-bond donors (Lipinski definition) is 2. The highest BCUT2D eigenvalue weighted by molar-refractivity contribution is 5.96. The lowest BCUT2D eigenvalue weighted by Crippen LogP contribution is -2.18. The van der Waals surface area contributed by atoms with Gasteiger partial charge in [-0.1, -0.05) is 25.1 Å². The van der Waals surface area contributed by atoms with E-state index >= 15 is 0 Å². The van der Waals surface area contributed by atoms with E-state index in [9.17, 15) is 14.0 Å². The number of nitrogens with one attached hydrogen (secondary N) is 2. The van der Waals surface area contributed by atoms with E-state index in [0.29, 0.717) is 17.7 Å². The van der Waals surface area contributed by atoms with Crippen LogP contribution in [-0.2, 0) is 4.79 Å². The first-order valence-corrected chi connectivity index (χ1v) is 7.58. The Morgan fingerprint density at radius 1 is 1.12 bits per heavy atom. The van der Waals surface area contributed by atoms with Gasteiger partial charge in [0.1, 0.15) is 5.82 Å². The third kappa shape index (κ3) is 5.01. The summed E-state index contributed by atoms with van der Waals surface area (Å²) in [6, 6.07) is 12.6. The molecule has 6 heteroatoms. The minimum absolute atomic E-state index is 0.0656. The largest absolute Gasteiger partial charge is 0.326 e. The monoisotopic (exact) mass is 327 g/mol. The van der Waals surface area contributed by atoms with Gasteiger partial charge in [-0.2, -0.15) is 5.10 Å². The molecule has 0 aliphatic rings. The Morgan fingerprint density at radius 2 is 1.83 bits per heavy atom. The highest BCUT2D eigenvalue weighted by Gasteiger charge is 2.05. The Morgan fingerprint density at radius 3 is 2.50 bits per heavy atom. The topological polar surface area (TPSA) is 70.6 Å². The van der Waals surface area contributed by atoms with Crippen LogP contribution in [0.2, 0.25) is 0 Å². The van der Waals surface area contributed by atoms with Crippen LogP contribution >= 0.6 is 0 Å². The fourth-order valence-corrected chi connectivity index (χ4v) is 1.96. The number of benzene rings is 2. The van der Waals surface area contributed by atoms with Crippen LogP contribution in [0.4, 0.5) is 10.1 Å². The minimum Gasteiger partial charge on any atom is -0.326 e. The van der Waals surface area contributed by atoms with Crippen molar-refractivity contribution < 1.29 is 14.0 Å². The van der Waals surface area contributed by atoms with Crippen molar-refractivity contribution in [2.75, 3.05) is 5.32 Å². The molecule has 2 N–H and O–H groups in total. The van der Waals surface area contributed by atoms with Gasteiger partial charge in [0, 0.05) is 23.2 Å². The Labute approximate surface area is 139 Å². The summed E-state index contributed by atoms with van der Waals surface area (Å²) in [4.78, 5) is 23.4. The second kappa shape index (κ2) is 8.57. The zero-order valence-electron chi connectivity index (χ0n) is 13.3. The maximum Gasteiger partial charge on any atom is 0.271 e. The fourth-order valence-electron chi connectivity index (χ4n) is 1.96. The molecule has 24 heavy (non-hydrogen) atoms. The number of carbonyl (C=O) groups is 2. The molecule has 0 saturated heterocycles.